The van der Waals surface area contributed by atoms with Crippen molar-refractivity contribution < 1.29 is 9.47 Å². The van der Waals surface area contributed by atoms with Crippen LogP contribution < -0.4 is 5.73 Å². The molecule has 0 aliphatic heterocycles. The first kappa shape index (κ1) is 14.8. The molecular formula is C11H26N2O2. The molecule has 0 aromatic rings. The van der Waals surface area contributed by atoms with E-state index in [1.165, 1.54) is 0 Å². The fourth-order valence-corrected chi connectivity index (χ4v) is 1.48. The Morgan fingerprint density at radius 2 is 1.87 bits per heavy atom. The fraction of sp³-hybridized carbons (Fsp3) is 1.00. The van der Waals surface area contributed by atoms with Gasteiger partial charge in [0.25, 0.3) is 0 Å². The minimum Gasteiger partial charge on any atom is -0.383 e. The van der Waals surface area contributed by atoms with E-state index in [9.17, 15) is 0 Å². The summed E-state index contributed by atoms with van der Waals surface area (Å²) in [6.45, 7) is 7.73. The molecule has 0 radical (unpaired) electrons. The number of hydrogen-bond donors (Lipinski definition) is 1. The molecule has 1 atom stereocenters. The molecule has 0 saturated carbocycles. The van der Waals surface area contributed by atoms with Crippen LogP contribution in [0.2, 0.25) is 0 Å². The molecule has 92 valence electrons. The zero-order chi connectivity index (χ0) is 11.7. The van der Waals surface area contributed by atoms with Gasteiger partial charge in [-0.2, -0.15) is 0 Å². The van der Waals surface area contributed by atoms with Crippen LogP contribution in [-0.2, 0) is 9.47 Å². The third-order valence-electron chi connectivity index (χ3n) is 2.65. The van der Waals surface area contributed by atoms with Crippen molar-refractivity contribution in [1.29, 1.82) is 0 Å². The van der Waals surface area contributed by atoms with Crippen molar-refractivity contribution in [2.75, 3.05) is 40.5 Å². The van der Waals surface area contributed by atoms with Gasteiger partial charge in [-0.15, -0.1) is 0 Å². The van der Waals surface area contributed by atoms with Crippen LogP contribution in [0.5, 0.6) is 0 Å². The summed E-state index contributed by atoms with van der Waals surface area (Å²) in [6.07, 6.45) is 1.16. The highest BCUT2D eigenvalue weighted by atomic mass is 16.5. The SMILES string of the molecule is COCCN(CCC(CN)OC)C(C)C. The Labute approximate surface area is 93.7 Å². The van der Waals surface area contributed by atoms with Crippen LogP contribution in [0.3, 0.4) is 0 Å². The van der Waals surface area contributed by atoms with Crippen LogP contribution in [0, 0.1) is 0 Å². The van der Waals surface area contributed by atoms with Crippen molar-refractivity contribution in [1.82, 2.24) is 4.90 Å². The zero-order valence-corrected chi connectivity index (χ0v) is 10.5. The van der Waals surface area contributed by atoms with Crippen LogP contribution in [0.25, 0.3) is 0 Å². The predicted molar refractivity (Wildman–Crippen MR) is 63.1 cm³/mol. The highest BCUT2D eigenvalue weighted by molar-refractivity contribution is 4.67. The summed E-state index contributed by atoms with van der Waals surface area (Å²) in [5.74, 6) is 0. The standard InChI is InChI=1S/C11H26N2O2/c1-10(2)13(7-8-14-3)6-5-11(9-12)15-4/h10-11H,5-9,12H2,1-4H3. The monoisotopic (exact) mass is 218 g/mol. The Balaban J connectivity index is 3.83. The van der Waals surface area contributed by atoms with Crippen LogP contribution in [0.1, 0.15) is 20.3 Å². The maximum absolute atomic E-state index is 5.58. The van der Waals surface area contributed by atoms with E-state index in [0.717, 1.165) is 26.1 Å². The molecule has 0 spiro atoms. The summed E-state index contributed by atoms with van der Waals surface area (Å²) in [6, 6.07) is 0.537. The minimum absolute atomic E-state index is 0.175. The summed E-state index contributed by atoms with van der Waals surface area (Å²) in [4.78, 5) is 2.38. The molecule has 1 unspecified atom stereocenters. The number of rotatable bonds is 9. The van der Waals surface area contributed by atoms with Gasteiger partial charge < -0.3 is 15.2 Å². The van der Waals surface area contributed by atoms with Crippen LogP contribution in [0.15, 0.2) is 0 Å². The third kappa shape index (κ3) is 6.84. The highest BCUT2D eigenvalue weighted by Crippen LogP contribution is 2.03. The van der Waals surface area contributed by atoms with Crippen molar-refractivity contribution in [3.8, 4) is 0 Å². The quantitative estimate of drug-likeness (QED) is 0.619. The highest BCUT2D eigenvalue weighted by Gasteiger charge is 2.12. The van der Waals surface area contributed by atoms with Crippen molar-refractivity contribution in [3.63, 3.8) is 0 Å². The largest absolute Gasteiger partial charge is 0.383 e. The molecule has 0 amide bonds. The minimum atomic E-state index is 0.175. The van der Waals surface area contributed by atoms with Crippen LogP contribution in [-0.4, -0.2) is 57.5 Å². The molecule has 0 aliphatic rings. The van der Waals surface area contributed by atoms with Crippen molar-refractivity contribution >= 4 is 0 Å². The van der Waals surface area contributed by atoms with Crippen LogP contribution >= 0.6 is 0 Å². The van der Waals surface area contributed by atoms with Gasteiger partial charge in [-0.1, -0.05) is 0 Å². The van der Waals surface area contributed by atoms with E-state index in [2.05, 4.69) is 18.7 Å². The van der Waals surface area contributed by atoms with Gasteiger partial charge in [-0.3, -0.25) is 4.90 Å². The molecule has 0 saturated heterocycles. The first-order chi connectivity index (χ1) is 7.15. The van der Waals surface area contributed by atoms with Gasteiger partial charge in [0.1, 0.15) is 0 Å². The summed E-state index contributed by atoms with van der Waals surface area (Å²) in [5, 5.41) is 0. The Morgan fingerprint density at radius 1 is 1.20 bits per heavy atom. The second kappa shape index (κ2) is 9.09. The molecule has 0 heterocycles. The van der Waals surface area contributed by atoms with Crippen molar-refractivity contribution in [2.24, 2.45) is 5.73 Å². The molecule has 0 aliphatic carbocycles. The maximum Gasteiger partial charge on any atom is 0.0705 e. The Morgan fingerprint density at radius 3 is 2.27 bits per heavy atom. The smallest absolute Gasteiger partial charge is 0.0705 e. The third-order valence-corrected chi connectivity index (χ3v) is 2.65. The van der Waals surface area contributed by atoms with Gasteiger partial charge in [0.15, 0.2) is 0 Å². The van der Waals surface area contributed by atoms with Gasteiger partial charge in [0.05, 0.1) is 12.7 Å². The zero-order valence-electron chi connectivity index (χ0n) is 10.5. The van der Waals surface area contributed by atoms with Gasteiger partial charge in [0, 0.05) is 39.9 Å². The molecule has 0 rings (SSSR count). The van der Waals surface area contributed by atoms with E-state index < -0.39 is 0 Å². The fourth-order valence-electron chi connectivity index (χ4n) is 1.48. The van der Waals surface area contributed by atoms with E-state index in [1.807, 2.05) is 0 Å². The Bertz CT molecular complexity index is 139. The number of methoxy groups -OCH3 is 2. The van der Waals surface area contributed by atoms with Crippen molar-refractivity contribution in [2.45, 2.75) is 32.4 Å². The second-order valence-electron chi connectivity index (χ2n) is 4.00. The topological polar surface area (TPSA) is 47.7 Å². The molecule has 0 bridgehead atoms. The summed E-state index contributed by atoms with van der Waals surface area (Å²) in [7, 11) is 3.45. The van der Waals surface area contributed by atoms with E-state index in [0.29, 0.717) is 12.6 Å². The lowest BCUT2D eigenvalue weighted by Crippen LogP contribution is -2.37. The summed E-state index contributed by atoms with van der Waals surface area (Å²) >= 11 is 0. The number of nitrogens with zero attached hydrogens (tertiary/aromatic N) is 1. The number of nitrogens with two attached hydrogens (primary N) is 1. The lowest BCUT2D eigenvalue weighted by atomic mass is 10.2. The lowest BCUT2D eigenvalue weighted by Gasteiger charge is -2.27. The van der Waals surface area contributed by atoms with Gasteiger partial charge in [0.2, 0.25) is 0 Å². The van der Waals surface area contributed by atoms with Gasteiger partial charge in [-0.25, -0.2) is 0 Å². The maximum atomic E-state index is 5.58. The lowest BCUT2D eigenvalue weighted by molar-refractivity contribution is 0.0749. The first-order valence-corrected chi connectivity index (χ1v) is 5.61. The molecule has 0 aromatic heterocycles. The van der Waals surface area contributed by atoms with Gasteiger partial charge in [-0.05, 0) is 20.3 Å². The summed E-state index contributed by atoms with van der Waals surface area (Å²) in [5.41, 5.74) is 5.58. The normalized spacial score (nSPS) is 13.8. The van der Waals surface area contributed by atoms with Crippen molar-refractivity contribution in [3.05, 3.63) is 0 Å². The molecule has 4 heteroatoms. The number of hydrogen-bond acceptors (Lipinski definition) is 4. The molecule has 15 heavy (non-hydrogen) atoms. The van der Waals surface area contributed by atoms with E-state index in [4.69, 9.17) is 15.2 Å². The van der Waals surface area contributed by atoms with E-state index in [1.54, 1.807) is 14.2 Å². The number of ether oxygens (including phenoxy) is 2. The molecule has 0 fully saturated rings. The Hall–Kier alpha value is -0.160. The van der Waals surface area contributed by atoms with Crippen LogP contribution in [0.4, 0.5) is 0 Å². The van der Waals surface area contributed by atoms with Gasteiger partial charge >= 0.3 is 0 Å². The molecule has 0 aromatic carbocycles. The first-order valence-electron chi connectivity index (χ1n) is 5.61. The molecular weight excluding hydrogens is 192 g/mol. The predicted octanol–water partition coefficient (Wildman–Crippen LogP) is 0.707. The van der Waals surface area contributed by atoms with E-state index >= 15 is 0 Å². The average Bonchev–Trinajstić information content (AvgIpc) is 2.23. The Kier molecular flexibility index (Phi) is 9.00. The van der Waals surface area contributed by atoms with E-state index in [-0.39, 0.29) is 6.10 Å². The average molecular weight is 218 g/mol. The second-order valence-corrected chi connectivity index (χ2v) is 4.00. The molecule has 4 nitrogen and oxygen atoms in total. The molecule has 2 N–H and O–H groups in total. The summed E-state index contributed by atoms with van der Waals surface area (Å²) < 4.78 is 10.3.